The highest BCUT2D eigenvalue weighted by molar-refractivity contribution is 6.09. The number of aromatic nitrogens is 3. The summed E-state index contributed by atoms with van der Waals surface area (Å²) in [6, 6.07) is 31.5. The Balaban J connectivity index is 1.37. The summed E-state index contributed by atoms with van der Waals surface area (Å²) in [7, 11) is 0. The van der Waals surface area contributed by atoms with Gasteiger partial charge in [-0.15, -0.1) is 10.2 Å². The van der Waals surface area contributed by atoms with Gasteiger partial charge in [0.2, 0.25) is 0 Å². The lowest BCUT2D eigenvalue weighted by molar-refractivity contribution is 0.670. The van der Waals surface area contributed by atoms with Gasteiger partial charge in [0, 0.05) is 33.5 Å². The topological polar surface area (TPSA) is 43.3 Å². The number of hydrogen-bond donors (Lipinski definition) is 0. The minimum absolute atomic E-state index is 0.395. The molecule has 0 aliphatic heterocycles. The summed E-state index contributed by atoms with van der Waals surface area (Å²) in [6.07, 6.45) is 2.20. The molecule has 3 heterocycles. The molecule has 35 heavy (non-hydrogen) atoms. The monoisotopic (exact) mass is 453 g/mol. The molecule has 0 atom stereocenters. The molecule has 7 aromatic rings. The smallest absolute Gasteiger partial charge is 0.168 e. The summed E-state index contributed by atoms with van der Waals surface area (Å²) >= 11 is 0. The SMILES string of the molecule is CC(C)c1cn2c(-c3ccc(-c4cccc5c4oc4ccccc45)cc3)nnc2c2ccccc12. The number of furan rings is 1. The summed E-state index contributed by atoms with van der Waals surface area (Å²) in [6.45, 7) is 4.45. The number of fused-ring (bicyclic) bond motifs is 6. The molecule has 0 aliphatic carbocycles. The van der Waals surface area contributed by atoms with E-state index in [-0.39, 0.29) is 0 Å². The average Bonchev–Trinajstić information content (AvgIpc) is 3.50. The van der Waals surface area contributed by atoms with E-state index in [1.807, 2.05) is 12.1 Å². The van der Waals surface area contributed by atoms with E-state index >= 15 is 0 Å². The van der Waals surface area contributed by atoms with Crippen LogP contribution in [0.1, 0.15) is 25.3 Å². The maximum absolute atomic E-state index is 6.25. The zero-order valence-electron chi connectivity index (χ0n) is 19.6. The van der Waals surface area contributed by atoms with Gasteiger partial charge in [-0.2, -0.15) is 0 Å². The van der Waals surface area contributed by atoms with Gasteiger partial charge >= 0.3 is 0 Å². The summed E-state index contributed by atoms with van der Waals surface area (Å²) in [5.41, 5.74) is 7.24. The second-order valence-corrected chi connectivity index (χ2v) is 9.36. The van der Waals surface area contributed by atoms with E-state index in [1.165, 1.54) is 10.9 Å². The Morgan fingerprint density at radius 2 is 1.34 bits per heavy atom. The second kappa shape index (κ2) is 7.54. The molecule has 0 unspecified atom stereocenters. The van der Waals surface area contributed by atoms with Crippen molar-refractivity contribution in [3.63, 3.8) is 0 Å². The van der Waals surface area contributed by atoms with E-state index in [0.717, 1.165) is 55.5 Å². The number of benzene rings is 4. The standard InChI is InChI=1S/C31H23N3O/c1-19(2)27-18-34-30(32-33-31(34)26-10-4-3-8-23(26)27)21-16-14-20(15-17-21)22-11-7-12-25-24-9-5-6-13-28(24)35-29(22)25/h3-19H,1-2H3. The van der Waals surface area contributed by atoms with Gasteiger partial charge in [-0.1, -0.05) is 98.8 Å². The van der Waals surface area contributed by atoms with Gasteiger partial charge in [0.05, 0.1) is 0 Å². The molecule has 0 radical (unpaired) electrons. The van der Waals surface area contributed by atoms with Gasteiger partial charge < -0.3 is 4.42 Å². The number of para-hydroxylation sites is 2. The van der Waals surface area contributed by atoms with E-state index in [9.17, 15) is 0 Å². The van der Waals surface area contributed by atoms with Crippen LogP contribution in [0.15, 0.2) is 102 Å². The van der Waals surface area contributed by atoms with Crippen LogP contribution in [-0.2, 0) is 0 Å². The molecule has 0 saturated carbocycles. The van der Waals surface area contributed by atoms with Crippen molar-refractivity contribution in [2.75, 3.05) is 0 Å². The van der Waals surface area contributed by atoms with E-state index in [4.69, 9.17) is 4.42 Å². The lowest BCUT2D eigenvalue weighted by Crippen LogP contribution is -1.97. The van der Waals surface area contributed by atoms with E-state index in [2.05, 4.69) is 114 Å². The molecule has 7 rings (SSSR count). The second-order valence-electron chi connectivity index (χ2n) is 9.36. The van der Waals surface area contributed by atoms with Crippen molar-refractivity contribution in [3.8, 4) is 22.5 Å². The summed E-state index contributed by atoms with van der Waals surface area (Å²) < 4.78 is 8.38. The first-order chi connectivity index (χ1) is 17.2. The van der Waals surface area contributed by atoms with Crippen molar-refractivity contribution in [2.45, 2.75) is 19.8 Å². The van der Waals surface area contributed by atoms with Gasteiger partial charge in [-0.25, -0.2) is 0 Å². The largest absolute Gasteiger partial charge is 0.455 e. The zero-order valence-corrected chi connectivity index (χ0v) is 19.6. The summed E-state index contributed by atoms with van der Waals surface area (Å²) in [4.78, 5) is 0. The zero-order chi connectivity index (χ0) is 23.5. The Bertz CT molecular complexity index is 1870. The van der Waals surface area contributed by atoms with Crippen molar-refractivity contribution < 1.29 is 4.42 Å². The number of hydrogen-bond acceptors (Lipinski definition) is 3. The summed E-state index contributed by atoms with van der Waals surface area (Å²) in [5, 5.41) is 13.8. The quantitative estimate of drug-likeness (QED) is 0.271. The molecule has 0 N–H and O–H groups in total. The van der Waals surface area contributed by atoms with Crippen molar-refractivity contribution in [1.82, 2.24) is 14.6 Å². The minimum Gasteiger partial charge on any atom is -0.455 e. The molecule has 0 spiro atoms. The van der Waals surface area contributed by atoms with Crippen LogP contribution in [0.25, 0.3) is 60.9 Å². The van der Waals surface area contributed by atoms with Gasteiger partial charge in [0.15, 0.2) is 11.5 Å². The van der Waals surface area contributed by atoms with E-state index in [1.54, 1.807) is 0 Å². The molecule has 0 amide bonds. The molecule has 168 valence electrons. The molecule has 4 heteroatoms. The van der Waals surface area contributed by atoms with Crippen LogP contribution in [0, 0.1) is 0 Å². The third-order valence-electron chi connectivity index (χ3n) is 6.92. The Labute approximate surface area is 202 Å². The lowest BCUT2D eigenvalue weighted by atomic mass is 9.98. The van der Waals surface area contributed by atoms with Crippen LogP contribution in [0.5, 0.6) is 0 Å². The van der Waals surface area contributed by atoms with Gasteiger partial charge in [0.1, 0.15) is 11.2 Å². The Morgan fingerprint density at radius 3 is 2.14 bits per heavy atom. The van der Waals surface area contributed by atoms with Crippen molar-refractivity contribution in [2.24, 2.45) is 0 Å². The van der Waals surface area contributed by atoms with Crippen LogP contribution in [0.4, 0.5) is 0 Å². The van der Waals surface area contributed by atoms with Gasteiger partial charge in [-0.3, -0.25) is 4.40 Å². The summed E-state index contributed by atoms with van der Waals surface area (Å²) in [5.74, 6) is 1.24. The molecular weight excluding hydrogens is 430 g/mol. The minimum atomic E-state index is 0.395. The fourth-order valence-electron chi connectivity index (χ4n) is 5.17. The first-order valence-corrected chi connectivity index (χ1v) is 12.0. The van der Waals surface area contributed by atoms with Crippen molar-refractivity contribution >= 4 is 38.4 Å². The number of rotatable bonds is 3. The highest BCUT2D eigenvalue weighted by Crippen LogP contribution is 2.36. The predicted molar refractivity (Wildman–Crippen MR) is 143 cm³/mol. The lowest BCUT2D eigenvalue weighted by Gasteiger charge is -2.12. The maximum Gasteiger partial charge on any atom is 0.168 e. The fourth-order valence-corrected chi connectivity index (χ4v) is 5.17. The Morgan fingerprint density at radius 1 is 0.657 bits per heavy atom. The molecule has 4 aromatic carbocycles. The van der Waals surface area contributed by atoms with E-state index < -0.39 is 0 Å². The molecule has 0 bridgehead atoms. The molecular formula is C31H23N3O. The van der Waals surface area contributed by atoms with Crippen LogP contribution in [0.2, 0.25) is 0 Å². The molecule has 0 fully saturated rings. The van der Waals surface area contributed by atoms with Crippen molar-refractivity contribution in [1.29, 1.82) is 0 Å². The molecule has 4 nitrogen and oxygen atoms in total. The highest BCUT2D eigenvalue weighted by atomic mass is 16.3. The molecule has 0 saturated heterocycles. The van der Waals surface area contributed by atoms with Crippen molar-refractivity contribution in [3.05, 3.63) is 103 Å². The maximum atomic E-state index is 6.25. The number of nitrogens with zero attached hydrogens (tertiary/aromatic N) is 3. The van der Waals surface area contributed by atoms with Crippen LogP contribution < -0.4 is 0 Å². The number of pyridine rings is 1. The highest BCUT2D eigenvalue weighted by Gasteiger charge is 2.16. The molecule has 3 aromatic heterocycles. The van der Waals surface area contributed by atoms with Crippen LogP contribution in [-0.4, -0.2) is 14.6 Å². The third-order valence-corrected chi connectivity index (χ3v) is 6.92. The predicted octanol–water partition coefficient (Wildman–Crippen LogP) is 8.24. The van der Waals surface area contributed by atoms with Gasteiger partial charge in [0.25, 0.3) is 0 Å². The van der Waals surface area contributed by atoms with Crippen LogP contribution in [0.3, 0.4) is 0 Å². The first-order valence-electron chi connectivity index (χ1n) is 12.0. The first kappa shape index (κ1) is 20.0. The fraction of sp³-hybridized carbons (Fsp3) is 0.0968. The average molecular weight is 454 g/mol. The third kappa shape index (κ3) is 3.00. The van der Waals surface area contributed by atoms with E-state index in [0.29, 0.717) is 5.92 Å². The van der Waals surface area contributed by atoms with Crippen LogP contribution >= 0.6 is 0 Å². The molecule has 0 aliphatic rings. The van der Waals surface area contributed by atoms with Gasteiger partial charge in [-0.05, 0) is 28.5 Å². The normalized spacial score (nSPS) is 12.0. The Kier molecular flexibility index (Phi) is 4.30. The Hall–Kier alpha value is -4.44.